The fourth-order valence-corrected chi connectivity index (χ4v) is 2.08. The maximum Gasteiger partial charge on any atom is 0.313 e. The standard InChI is InChI=1S/C15H12N6O2/c16-20(15-13(21(22)23)6-2-7-19-15)12-5-1-4-11(10-12)14-17-8-3-9-18-14/h1-10H,16H2. The lowest BCUT2D eigenvalue weighted by Crippen LogP contribution is -2.26. The van der Waals surface area contributed by atoms with Crippen LogP contribution in [0.1, 0.15) is 0 Å². The molecule has 2 N–H and O–H groups in total. The first-order chi connectivity index (χ1) is 11.2. The average Bonchev–Trinajstić information content (AvgIpc) is 2.62. The van der Waals surface area contributed by atoms with E-state index < -0.39 is 4.92 Å². The SMILES string of the molecule is NN(c1cccc(-c2ncccn2)c1)c1ncccc1[N+](=O)[O-]. The van der Waals surface area contributed by atoms with Crippen LogP contribution in [-0.2, 0) is 0 Å². The van der Waals surface area contributed by atoms with Gasteiger partial charge in [0.25, 0.3) is 0 Å². The molecule has 0 atom stereocenters. The summed E-state index contributed by atoms with van der Waals surface area (Å²) in [6.07, 6.45) is 4.73. The molecule has 114 valence electrons. The quantitative estimate of drug-likeness (QED) is 0.447. The molecule has 0 fully saturated rings. The molecule has 0 amide bonds. The number of anilines is 2. The molecule has 0 saturated heterocycles. The zero-order chi connectivity index (χ0) is 16.2. The van der Waals surface area contributed by atoms with Crippen molar-refractivity contribution in [1.29, 1.82) is 0 Å². The topological polar surface area (TPSA) is 111 Å². The number of rotatable bonds is 4. The second-order valence-electron chi connectivity index (χ2n) is 4.60. The smallest absolute Gasteiger partial charge is 0.258 e. The summed E-state index contributed by atoms with van der Waals surface area (Å²) < 4.78 is 0. The van der Waals surface area contributed by atoms with E-state index in [1.165, 1.54) is 23.3 Å². The maximum atomic E-state index is 11.1. The number of pyridine rings is 1. The summed E-state index contributed by atoms with van der Waals surface area (Å²) in [6.45, 7) is 0. The third kappa shape index (κ3) is 2.97. The molecule has 0 aliphatic rings. The van der Waals surface area contributed by atoms with Crippen LogP contribution in [0.15, 0.2) is 61.1 Å². The fraction of sp³-hybridized carbons (Fsp3) is 0. The van der Waals surface area contributed by atoms with Gasteiger partial charge in [-0.25, -0.2) is 20.8 Å². The van der Waals surface area contributed by atoms with E-state index in [1.54, 1.807) is 36.7 Å². The van der Waals surface area contributed by atoms with Crippen molar-refractivity contribution >= 4 is 17.2 Å². The minimum absolute atomic E-state index is 0.0589. The van der Waals surface area contributed by atoms with E-state index in [2.05, 4.69) is 15.0 Å². The van der Waals surface area contributed by atoms with E-state index in [1.807, 2.05) is 6.07 Å². The molecule has 0 unspecified atom stereocenters. The van der Waals surface area contributed by atoms with Crippen LogP contribution in [0.3, 0.4) is 0 Å². The number of hydrazine groups is 1. The van der Waals surface area contributed by atoms with Gasteiger partial charge in [-0.3, -0.25) is 15.1 Å². The van der Waals surface area contributed by atoms with E-state index in [0.29, 0.717) is 11.5 Å². The molecule has 0 aliphatic carbocycles. The van der Waals surface area contributed by atoms with Crippen LogP contribution in [0.5, 0.6) is 0 Å². The number of hydrogen-bond acceptors (Lipinski definition) is 7. The fourth-order valence-electron chi connectivity index (χ4n) is 2.08. The molecule has 3 rings (SSSR count). The Kier molecular flexibility index (Phi) is 3.89. The highest BCUT2D eigenvalue weighted by molar-refractivity contribution is 5.70. The van der Waals surface area contributed by atoms with Crippen LogP contribution < -0.4 is 10.9 Å². The number of nitrogens with two attached hydrogens (primary N) is 1. The molecule has 0 bridgehead atoms. The number of nitro groups is 1. The largest absolute Gasteiger partial charge is 0.313 e. The molecule has 3 aromatic rings. The van der Waals surface area contributed by atoms with Crippen LogP contribution in [-0.4, -0.2) is 19.9 Å². The van der Waals surface area contributed by atoms with Gasteiger partial charge >= 0.3 is 5.69 Å². The number of aromatic nitrogens is 3. The molecule has 0 saturated carbocycles. The highest BCUT2D eigenvalue weighted by Crippen LogP contribution is 2.30. The Hall–Kier alpha value is -3.39. The number of hydrogen-bond donors (Lipinski definition) is 1. The Balaban J connectivity index is 2.01. The molecule has 2 heterocycles. The number of benzene rings is 1. The summed E-state index contributed by atoms with van der Waals surface area (Å²) in [5.74, 6) is 6.63. The van der Waals surface area contributed by atoms with Crippen LogP contribution in [0.4, 0.5) is 17.2 Å². The van der Waals surface area contributed by atoms with Gasteiger partial charge < -0.3 is 0 Å². The molecular weight excluding hydrogens is 296 g/mol. The first-order valence-electron chi connectivity index (χ1n) is 6.68. The average molecular weight is 308 g/mol. The summed E-state index contributed by atoms with van der Waals surface area (Å²) in [5.41, 5.74) is 1.12. The molecule has 0 radical (unpaired) electrons. The zero-order valence-corrected chi connectivity index (χ0v) is 11.9. The monoisotopic (exact) mass is 308 g/mol. The summed E-state index contributed by atoms with van der Waals surface area (Å²) in [5, 5.41) is 12.3. The van der Waals surface area contributed by atoms with Gasteiger partial charge in [0.05, 0.1) is 10.6 Å². The van der Waals surface area contributed by atoms with Gasteiger partial charge in [0.1, 0.15) is 0 Å². The van der Waals surface area contributed by atoms with Crippen molar-refractivity contribution < 1.29 is 4.92 Å². The first-order valence-corrected chi connectivity index (χ1v) is 6.68. The highest BCUT2D eigenvalue weighted by Gasteiger charge is 2.20. The van der Waals surface area contributed by atoms with Crippen molar-refractivity contribution in [2.75, 3.05) is 5.01 Å². The van der Waals surface area contributed by atoms with Gasteiger partial charge in [-0.1, -0.05) is 12.1 Å². The normalized spacial score (nSPS) is 10.3. The third-order valence-corrected chi connectivity index (χ3v) is 3.14. The van der Waals surface area contributed by atoms with Gasteiger partial charge in [-0.2, -0.15) is 0 Å². The van der Waals surface area contributed by atoms with Crippen molar-refractivity contribution in [3.05, 3.63) is 71.2 Å². The lowest BCUT2D eigenvalue weighted by molar-refractivity contribution is -0.384. The van der Waals surface area contributed by atoms with Crippen molar-refractivity contribution in [2.24, 2.45) is 5.84 Å². The molecule has 2 aromatic heterocycles. The second-order valence-corrected chi connectivity index (χ2v) is 4.60. The van der Waals surface area contributed by atoms with E-state index in [9.17, 15) is 10.1 Å². The van der Waals surface area contributed by atoms with Gasteiger partial charge in [0.2, 0.25) is 5.82 Å². The van der Waals surface area contributed by atoms with E-state index in [0.717, 1.165) is 5.56 Å². The predicted molar refractivity (Wildman–Crippen MR) is 84.7 cm³/mol. The van der Waals surface area contributed by atoms with Gasteiger partial charge in [-0.15, -0.1) is 0 Å². The maximum absolute atomic E-state index is 11.1. The van der Waals surface area contributed by atoms with Crippen molar-refractivity contribution in [3.63, 3.8) is 0 Å². The van der Waals surface area contributed by atoms with Gasteiger partial charge in [0.15, 0.2) is 5.82 Å². The van der Waals surface area contributed by atoms with Crippen LogP contribution in [0.2, 0.25) is 0 Å². The van der Waals surface area contributed by atoms with Crippen LogP contribution in [0, 0.1) is 10.1 Å². The molecule has 0 aliphatic heterocycles. The third-order valence-electron chi connectivity index (χ3n) is 3.14. The van der Waals surface area contributed by atoms with Crippen molar-refractivity contribution in [2.45, 2.75) is 0 Å². The molecule has 8 heteroatoms. The Morgan fingerprint density at radius 2 is 1.74 bits per heavy atom. The molecular formula is C15H12N6O2. The van der Waals surface area contributed by atoms with Crippen LogP contribution in [0.25, 0.3) is 11.4 Å². The predicted octanol–water partition coefficient (Wildman–Crippen LogP) is 2.46. The summed E-state index contributed by atoms with van der Waals surface area (Å²) in [6, 6.07) is 11.6. The summed E-state index contributed by atoms with van der Waals surface area (Å²) in [7, 11) is 0. The van der Waals surface area contributed by atoms with Crippen LogP contribution >= 0.6 is 0 Å². The van der Waals surface area contributed by atoms with Crippen molar-refractivity contribution in [1.82, 2.24) is 15.0 Å². The van der Waals surface area contributed by atoms with Gasteiger partial charge in [0, 0.05) is 30.2 Å². The Morgan fingerprint density at radius 1 is 1.00 bits per heavy atom. The minimum atomic E-state index is -0.521. The summed E-state index contributed by atoms with van der Waals surface area (Å²) >= 11 is 0. The van der Waals surface area contributed by atoms with E-state index in [-0.39, 0.29) is 11.5 Å². The zero-order valence-electron chi connectivity index (χ0n) is 11.9. The lowest BCUT2D eigenvalue weighted by atomic mass is 10.2. The Bertz CT molecular complexity index is 840. The molecule has 0 spiro atoms. The number of nitrogens with zero attached hydrogens (tertiary/aromatic N) is 5. The highest BCUT2D eigenvalue weighted by atomic mass is 16.6. The second kappa shape index (κ2) is 6.16. The minimum Gasteiger partial charge on any atom is -0.258 e. The molecule has 8 nitrogen and oxygen atoms in total. The Morgan fingerprint density at radius 3 is 2.48 bits per heavy atom. The molecule has 23 heavy (non-hydrogen) atoms. The summed E-state index contributed by atoms with van der Waals surface area (Å²) in [4.78, 5) is 22.9. The molecule has 1 aromatic carbocycles. The van der Waals surface area contributed by atoms with Gasteiger partial charge in [-0.05, 0) is 24.3 Å². The lowest BCUT2D eigenvalue weighted by Gasteiger charge is -2.17. The Labute approximate surface area is 131 Å². The first kappa shape index (κ1) is 14.5. The van der Waals surface area contributed by atoms with Crippen molar-refractivity contribution in [3.8, 4) is 11.4 Å². The van der Waals surface area contributed by atoms with E-state index in [4.69, 9.17) is 5.84 Å². The van der Waals surface area contributed by atoms with E-state index >= 15 is 0 Å².